The molecule has 1 aliphatic heterocycles. The number of para-hydroxylation sites is 1. The van der Waals surface area contributed by atoms with E-state index in [9.17, 15) is 4.79 Å². The summed E-state index contributed by atoms with van der Waals surface area (Å²) in [5.74, 6) is 2.28. The van der Waals surface area contributed by atoms with Gasteiger partial charge in [-0.05, 0) is 35.9 Å². The van der Waals surface area contributed by atoms with Crippen molar-refractivity contribution in [2.24, 2.45) is 0 Å². The van der Waals surface area contributed by atoms with E-state index >= 15 is 0 Å². The van der Waals surface area contributed by atoms with Gasteiger partial charge in [-0.2, -0.15) is 11.8 Å². The quantitative estimate of drug-likeness (QED) is 0.545. The largest absolute Gasteiger partial charge is 0.496 e. The summed E-state index contributed by atoms with van der Waals surface area (Å²) >= 11 is 1.98. The van der Waals surface area contributed by atoms with Crippen LogP contribution in [0.4, 0.5) is 0 Å². The predicted octanol–water partition coefficient (Wildman–Crippen LogP) is 3.61. The fourth-order valence-electron chi connectivity index (χ4n) is 3.65. The molecular formula is C20H20N2O3S. The molecule has 0 saturated heterocycles. The number of hydroxylamine groups is 1. The number of thioether (sulfide) groups is 1. The monoisotopic (exact) mass is 368 g/mol. The summed E-state index contributed by atoms with van der Waals surface area (Å²) in [4.78, 5) is 11.7. The lowest BCUT2D eigenvalue weighted by Gasteiger charge is -2.17. The van der Waals surface area contributed by atoms with E-state index in [1.165, 1.54) is 22.2 Å². The molecule has 1 aromatic heterocycles. The molecule has 0 aliphatic carbocycles. The van der Waals surface area contributed by atoms with Crippen molar-refractivity contribution in [3.63, 3.8) is 0 Å². The average molecular weight is 368 g/mol. The van der Waals surface area contributed by atoms with Crippen LogP contribution in [0.25, 0.3) is 10.9 Å². The molecule has 6 heteroatoms. The average Bonchev–Trinajstić information content (AvgIpc) is 3.02. The first-order valence-electron chi connectivity index (χ1n) is 8.51. The van der Waals surface area contributed by atoms with Gasteiger partial charge in [0.25, 0.3) is 5.91 Å². The molecule has 0 unspecified atom stereocenters. The number of hydrogen-bond acceptors (Lipinski definition) is 4. The summed E-state index contributed by atoms with van der Waals surface area (Å²) in [5, 5.41) is 10.2. The number of rotatable bonds is 4. The van der Waals surface area contributed by atoms with Gasteiger partial charge in [0.05, 0.1) is 13.7 Å². The zero-order valence-corrected chi connectivity index (χ0v) is 15.3. The Labute approximate surface area is 155 Å². The van der Waals surface area contributed by atoms with E-state index in [0.29, 0.717) is 17.9 Å². The summed E-state index contributed by atoms with van der Waals surface area (Å²) in [6, 6.07) is 13.8. The first-order chi connectivity index (χ1) is 12.7. The Morgan fingerprint density at radius 2 is 2.15 bits per heavy atom. The molecular weight excluding hydrogens is 348 g/mol. The van der Waals surface area contributed by atoms with E-state index in [2.05, 4.69) is 28.8 Å². The zero-order chi connectivity index (χ0) is 18.1. The lowest BCUT2D eigenvalue weighted by atomic mass is 10.1. The van der Waals surface area contributed by atoms with E-state index in [4.69, 9.17) is 9.94 Å². The van der Waals surface area contributed by atoms with Crippen LogP contribution in [0.15, 0.2) is 42.5 Å². The second-order valence-electron chi connectivity index (χ2n) is 6.30. The van der Waals surface area contributed by atoms with E-state index in [-0.39, 0.29) is 0 Å². The summed E-state index contributed by atoms with van der Waals surface area (Å²) in [5.41, 5.74) is 7.09. The molecule has 0 bridgehead atoms. The second kappa shape index (κ2) is 7.05. The van der Waals surface area contributed by atoms with Crippen LogP contribution in [0.3, 0.4) is 0 Å². The summed E-state index contributed by atoms with van der Waals surface area (Å²) < 4.78 is 7.88. The van der Waals surface area contributed by atoms with E-state index in [1.807, 2.05) is 17.8 Å². The Kier molecular flexibility index (Phi) is 4.61. The summed E-state index contributed by atoms with van der Waals surface area (Å²) in [6.07, 6.45) is 1.06. The number of aromatic nitrogens is 1. The van der Waals surface area contributed by atoms with E-state index in [0.717, 1.165) is 23.5 Å². The van der Waals surface area contributed by atoms with Crippen molar-refractivity contribution in [1.82, 2.24) is 10.0 Å². The normalized spacial score (nSPS) is 13.5. The fourth-order valence-corrected chi connectivity index (χ4v) is 4.66. The molecule has 0 atom stereocenters. The highest BCUT2D eigenvalue weighted by molar-refractivity contribution is 7.98. The SMILES string of the molecule is COc1cc(C(=O)NO)ccc1Cn1c2c(c3ccccc31)CSCC2. The Bertz CT molecular complexity index is 981. The third-order valence-electron chi connectivity index (χ3n) is 4.90. The Morgan fingerprint density at radius 3 is 2.96 bits per heavy atom. The number of ether oxygens (including phenoxy) is 1. The highest BCUT2D eigenvalue weighted by Crippen LogP contribution is 2.35. The number of carbonyl (C=O) groups is 1. The lowest BCUT2D eigenvalue weighted by molar-refractivity contribution is 0.0706. The second-order valence-corrected chi connectivity index (χ2v) is 7.40. The van der Waals surface area contributed by atoms with Gasteiger partial charge >= 0.3 is 0 Å². The highest BCUT2D eigenvalue weighted by atomic mass is 32.2. The van der Waals surface area contributed by atoms with Crippen LogP contribution < -0.4 is 10.2 Å². The Morgan fingerprint density at radius 1 is 1.31 bits per heavy atom. The molecule has 4 rings (SSSR count). The van der Waals surface area contributed by atoms with Crippen molar-refractivity contribution < 1.29 is 14.7 Å². The molecule has 5 nitrogen and oxygen atoms in total. The summed E-state index contributed by atoms with van der Waals surface area (Å²) in [7, 11) is 1.60. The van der Waals surface area contributed by atoms with Crippen molar-refractivity contribution in [2.75, 3.05) is 12.9 Å². The number of hydrogen-bond donors (Lipinski definition) is 2. The van der Waals surface area contributed by atoms with Crippen molar-refractivity contribution in [1.29, 1.82) is 0 Å². The van der Waals surface area contributed by atoms with Crippen molar-refractivity contribution in [3.8, 4) is 5.75 Å². The van der Waals surface area contributed by atoms with Gasteiger partial charge in [-0.25, -0.2) is 5.48 Å². The molecule has 0 spiro atoms. The van der Waals surface area contributed by atoms with Gasteiger partial charge in [0.2, 0.25) is 0 Å². The van der Waals surface area contributed by atoms with Gasteiger partial charge in [-0.1, -0.05) is 24.3 Å². The molecule has 1 amide bonds. The zero-order valence-electron chi connectivity index (χ0n) is 14.5. The number of nitrogens with one attached hydrogen (secondary N) is 1. The highest BCUT2D eigenvalue weighted by Gasteiger charge is 2.21. The Balaban J connectivity index is 1.80. The van der Waals surface area contributed by atoms with E-state index < -0.39 is 5.91 Å². The summed E-state index contributed by atoms with van der Waals surface area (Å²) in [6.45, 7) is 0.685. The number of carbonyl (C=O) groups excluding carboxylic acids is 1. The lowest BCUT2D eigenvalue weighted by Crippen LogP contribution is -2.18. The van der Waals surface area contributed by atoms with Crippen LogP contribution in [0.2, 0.25) is 0 Å². The molecule has 2 N–H and O–H groups in total. The van der Waals surface area contributed by atoms with Gasteiger partial charge in [0.15, 0.2) is 0 Å². The standard InChI is InChI=1S/C20H20N2O3S/c1-25-19-10-13(20(23)21-24)6-7-14(19)11-22-17-5-3-2-4-15(17)16-12-26-9-8-18(16)22/h2-7,10,24H,8-9,11-12H2,1H3,(H,21,23). The van der Waals surface area contributed by atoms with Gasteiger partial charge < -0.3 is 9.30 Å². The van der Waals surface area contributed by atoms with E-state index in [1.54, 1.807) is 24.7 Å². The number of benzene rings is 2. The molecule has 1 aliphatic rings. The maximum Gasteiger partial charge on any atom is 0.274 e. The Hall–Kier alpha value is -2.44. The molecule has 0 saturated carbocycles. The predicted molar refractivity (Wildman–Crippen MR) is 103 cm³/mol. The number of methoxy groups -OCH3 is 1. The third kappa shape index (κ3) is 2.85. The molecule has 2 aromatic carbocycles. The first kappa shape index (κ1) is 17.0. The van der Waals surface area contributed by atoms with Crippen LogP contribution in [-0.4, -0.2) is 28.5 Å². The van der Waals surface area contributed by atoms with Crippen LogP contribution >= 0.6 is 11.8 Å². The van der Waals surface area contributed by atoms with Gasteiger partial charge in [-0.3, -0.25) is 10.0 Å². The van der Waals surface area contributed by atoms with Gasteiger partial charge in [-0.15, -0.1) is 0 Å². The topological polar surface area (TPSA) is 63.5 Å². The minimum Gasteiger partial charge on any atom is -0.496 e. The van der Waals surface area contributed by atoms with Crippen molar-refractivity contribution >= 4 is 28.6 Å². The van der Waals surface area contributed by atoms with Crippen LogP contribution in [-0.2, 0) is 18.7 Å². The molecule has 0 radical (unpaired) electrons. The minimum absolute atomic E-state index is 0.365. The van der Waals surface area contributed by atoms with Crippen LogP contribution in [0.1, 0.15) is 27.2 Å². The van der Waals surface area contributed by atoms with Gasteiger partial charge in [0, 0.05) is 33.5 Å². The molecule has 26 heavy (non-hydrogen) atoms. The number of amides is 1. The molecule has 3 aromatic rings. The molecule has 2 heterocycles. The fraction of sp³-hybridized carbons (Fsp3) is 0.250. The molecule has 0 fully saturated rings. The molecule has 134 valence electrons. The number of fused-ring (bicyclic) bond motifs is 3. The number of nitrogens with zero attached hydrogens (tertiary/aromatic N) is 1. The smallest absolute Gasteiger partial charge is 0.274 e. The maximum absolute atomic E-state index is 11.7. The minimum atomic E-state index is -0.546. The van der Waals surface area contributed by atoms with Crippen LogP contribution in [0.5, 0.6) is 5.75 Å². The van der Waals surface area contributed by atoms with Crippen LogP contribution in [0, 0.1) is 0 Å². The maximum atomic E-state index is 11.7. The van der Waals surface area contributed by atoms with Crippen molar-refractivity contribution in [2.45, 2.75) is 18.7 Å². The van der Waals surface area contributed by atoms with Gasteiger partial charge in [0.1, 0.15) is 5.75 Å². The first-order valence-corrected chi connectivity index (χ1v) is 9.66. The van der Waals surface area contributed by atoms with Crippen molar-refractivity contribution in [3.05, 3.63) is 64.8 Å². The third-order valence-corrected chi connectivity index (χ3v) is 5.89.